The third kappa shape index (κ3) is 3.71. The standard InChI is InChI=1S/C16H24N2O2/c1-16(2,3)13-9-12(15(19)20)10-14(18-13)17-8-7-11-5-4-6-11/h9-11H,4-8H2,1-3H3,(H,17,18)(H,19,20). The fraction of sp³-hybridized carbons (Fsp3) is 0.625. The molecule has 1 aliphatic carbocycles. The average molecular weight is 276 g/mol. The van der Waals surface area contributed by atoms with Crippen LogP contribution in [-0.2, 0) is 5.41 Å². The molecule has 0 radical (unpaired) electrons. The van der Waals surface area contributed by atoms with E-state index in [4.69, 9.17) is 0 Å². The average Bonchev–Trinajstić information content (AvgIpc) is 2.31. The van der Waals surface area contributed by atoms with Crippen LogP contribution in [0.1, 0.15) is 62.5 Å². The van der Waals surface area contributed by atoms with Crippen molar-refractivity contribution >= 4 is 11.8 Å². The summed E-state index contributed by atoms with van der Waals surface area (Å²) in [6.45, 7) is 6.99. The van der Waals surface area contributed by atoms with Gasteiger partial charge in [0.05, 0.1) is 5.56 Å². The molecule has 0 aromatic carbocycles. The third-order valence-electron chi connectivity index (χ3n) is 3.92. The number of hydrogen-bond donors (Lipinski definition) is 2. The summed E-state index contributed by atoms with van der Waals surface area (Å²) in [5.41, 5.74) is 0.954. The highest BCUT2D eigenvalue weighted by molar-refractivity contribution is 5.88. The molecule has 0 bridgehead atoms. The summed E-state index contributed by atoms with van der Waals surface area (Å²) in [4.78, 5) is 15.8. The SMILES string of the molecule is CC(C)(C)c1cc(C(=O)O)cc(NCCC2CCC2)n1. The first kappa shape index (κ1) is 14.8. The van der Waals surface area contributed by atoms with Crippen LogP contribution in [0.25, 0.3) is 0 Å². The molecule has 0 spiro atoms. The Morgan fingerprint density at radius 2 is 2.10 bits per heavy atom. The van der Waals surface area contributed by atoms with E-state index in [1.807, 2.05) is 20.8 Å². The first-order chi connectivity index (χ1) is 9.36. The second-order valence-electron chi connectivity index (χ2n) is 6.69. The molecule has 1 fully saturated rings. The molecule has 0 saturated heterocycles. The largest absolute Gasteiger partial charge is 0.478 e. The van der Waals surface area contributed by atoms with E-state index in [1.54, 1.807) is 12.1 Å². The number of anilines is 1. The molecule has 0 atom stereocenters. The molecule has 2 N–H and O–H groups in total. The lowest BCUT2D eigenvalue weighted by Crippen LogP contribution is -2.19. The van der Waals surface area contributed by atoms with E-state index in [2.05, 4.69) is 10.3 Å². The fourth-order valence-electron chi connectivity index (χ4n) is 2.31. The Bertz CT molecular complexity index is 488. The van der Waals surface area contributed by atoms with Crippen molar-refractivity contribution in [2.45, 2.75) is 51.9 Å². The highest BCUT2D eigenvalue weighted by Gasteiger charge is 2.20. The molecular formula is C16H24N2O2. The Kier molecular flexibility index (Phi) is 4.31. The highest BCUT2D eigenvalue weighted by Crippen LogP contribution is 2.29. The van der Waals surface area contributed by atoms with Gasteiger partial charge in [-0.1, -0.05) is 40.0 Å². The van der Waals surface area contributed by atoms with E-state index >= 15 is 0 Å². The van der Waals surface area contributed by atoms with Crippen LogP contribution in [0.2, 0.25) is 0 Å². The number of nitrogens with one attached hydrogen (secondary N) is 1. The summed E-state index contributed by atoms with van der Waals surface area (Å²) in [5.74, 6) is 0.612. The molecule has 1 aromatic heterocycles. The van der Waals surface area contributed by atoms with Crippen LogP contribution in [0.3, 0.4) is 0 Å². The van der Waals surface area contributed by atoms with E-state index < -0.39 is 5.97 Å². The van der Waals surface area contributed by atoms with Crippen molar-refractivity contribution in [3.63, 3.8) is 0 Å². The van der Waals surface area contributed by atoms with E-state index in [1.165, 1.54) is 19.3 Å². The van der Waals surface area contributed by atoms with Crippen LogP contribution in [-0.4, -0.2) is 22.6 Å². The topological polar surface area (TPSA) is 62.2 Å². The van der Waals surface area contributed by atoms with Gasteiger partial charge < -0.3 is 10.4 Å². The molecule has 0 unspecified atom stereocenters. The summed E-state index contributed by atoms with van der Waals surface area (Å²) in [5, 5.41) is 12.5. The zero-order valence-electron chi connectivity index (χ0n) is 12.6. The summed E-state index contributed by atoms with van der Waals surface area (Å²) >= 11 is 0. The van der Waals surface area contributed by atoms with Crippen molar-refractivity contribution in [2.24, 2.45) is 5.92 Å². The minimum atomic E-state index is -0.903. The van der Waals surface area contributed by atoms with Crippen molar-refractivity contribution in [3.05, 3.63) is 23.4 Å². The Labute approximate surface area is 120 Å². The minimum Gasteiger partial charge on any atom is -0.478 e. The molecular weight excluding hydrogens is 252 g/mol. The number of carbonyl (C=O) groups is 1. The second-order valence-corrected chi connectivity index (χ2v) is 6.69. The maximum Gasteiger partial charge on any atom is 0.335 e. The predicted octanol–water partition coefficient (Wildman–Crippen LogP) is 3.68. The number of nitrogens with zero attached hydrogens (tertiary/aromatic N) is 1. The molecule has 0 amide bonds. The van der Waals surface area contributed by atoms with E-state index in [0.29, 0.717) is 11.4 Å². The van der Waals surface area contributed by atoms with Crippen LogP contribution in [0, 0.1) is 5.92 Å². The van der Waals surface area contributed by atoms with E-state index in [0.717, 1.165) is 24.6 Å². The van der Waals surface area contributed by atoms with E-state index in [-0.39, 0.29) is 5.41 Å². The number of pyridine rings is 1. The molecule has 4 nitrogen and oxygen atoms in total. The van der Waals surface area contributed by atoms with Crippen LogP contribution >= 0.6 is 0 Å². The van der Waals surface area contributed by atoms with Gasteiger partial charge in [0, 0.05) is 17.7 Å². The van der Waals surface area contributed by atoms with Gasteiger partial charge in [0.2, 0.25) is 0 Å². The monoisotopic (exact) mass is 276 g/mol. The van der Waals surface area contributed by atoms with E-state index in [9.17, 15) is 9.90 Å². The second kappa shape index (κ2) is 5.81. The van der Waals surface area contributed by atoms with Crippen molar-refractivity contribution in [3.8, 4) is 0 Å². The van der Waals surface area contributed by atoms with Gasteiger partial charge in [0.1, 0.15) is 5.82 Å². The minimum absolute atomic E-state index is 0.157. The third-order valence-corrected chi connectivity index (χ3v) is 3.92. The van der Waals surface area contributed by atoms with Crippen LogP contribution < -0.4 is 5.32 Å². The normalized spacial score (nSPS) is 15.8. The molecule has 20 heavy (non-hydrogen) atoms. The maximum absolute atomic E-state index is 11.2. The first-order valence-electron chi connectivity index (χ1n) is 7.36. The lowest BCUT2D eigenvalue weighted by atomic mass is 9.83. The smallest absolute Gasteiger partial charge is 0.335 e. The highest BCUT2D eigenvalue weighted by atomic mass is 16.4. The van der Waals surface area contributed by atoms with Gasteiger partial charge in [0.15, 0.2) is 0 Å². The first-order valence-corrected chi connectivity index (χ1v) is 7.36. The Hall–Kier alpha value is -1.58. The molecule has 110 valence electrons. The number of rotatable bonds is 5. The Morgan fingerprint density at radius 1 is 1.40 bits per heavy atom. The molecule has 1 aliphatic rings. The van der Waals surface area contributed by atoms with Gasteiger partial charge >= 0.3 is 5.97 Å². The molecule has 1 saturated carbocycles. The van der Waals surface area contributed by atoms with Gasteiger partial charge in [0.25, 0.3) is 0 Å². The lowest BCUT2D eigenvalue weighted by Gasteiger charge is -2.25. The zero-order chi connectivity index (χ0) is 14.8. The number of carboxylic acids is 1. The summed E-state index contributed by atoms with van der Waals surface area (Å²) in [6, 6.07) is 3.29. The molecule has 1 aromatic rings. The lowest BCUT2D eigenvalue weighted by molar-refractivity contribution is 0.0696. The Balaban J connectivity index is 2.09. The van der Waals surface area contributed by atoms with Crippen molar-refractivity contribution in [1.82, 2.24) is 4.98 Å². The Morgan fingerprint density at radius 3 is 2.60 bits per heavy atom. The van der Waals surface area contributed by atoms with Crippen molar-refractivity contribution in [1.29, 1.82) is 0 Å². The van der Waals surface area contributed by atoms with Crippen LogP contribution in [0.4, 0.5) is 5.82 Å². The summed E-state index contributed by atoms with van der Waals surface area (Å²) < 4.78 is 0. The fourth-order valence-corrected chi connectivity index (χ4v) is 2.31. The number of hydrogen-bond acceptors (Lipinski definition) is 3. The van der Waals surface area contributed by atoms with Crippen molar-refractivity contribution in [2.75, 3.05) is 11.9 Å². The maximum atomic E-state index is 11.2. The number of aromatic nitrogens is 1. The van der Waals surface area contributed by atoms with Gasteiger partial charge in [-0.25, -0.2) is 9.78 Å². The van der Waals surface area contributed by atoms with Gasteiger partial charge in [-0.3, -0.25) is 0 Å². The van der Waals surface area contributed by atoms with Gasteiger partial charge in [-0.2, -0.15) is 0 Å². The summed E-state index contributed by atoms with van der Waals surface area (Å²) in [7, 11) is 0. The van der Waals surface area contributed by atoms with Gasteiger partial charge in [-0.05, 0) is 24.5 Å². The van der Waals surface area contributed by atoms with Crippen LogP contribution in [0.5, 0.6) is 0 Å². The van der Waals surface area contributed by atoms with Gasteiger partial charge in [-0.15, -0.1) is 0 Å². The zero-order valence-corrected chi connectivity index (χ0v) is 12.6. The van der Waals surface area contributed by atoms with Crippen molar-refractivity contribution < 1.29 is 9.90 Å². The number of carboxylic acid groups (broad SMARTS) is 1. The summed E-state index contributed by atoms with van der Waals surface area (Å²) in [6.07, 6.45) is 5.16. The predicted molar refractivity (Wildman–Crippen MR) is 80.3 cm³/mol. The molecule has 4 heteroatoms. The molecule has 2 rings (SSSR count). The quantitative estimate of drug-likeness (QED) is 0.861. The molecule has 1 heterocycles. The van der Waals surface area contributed by atoms with Crippen LogP contribution in [0.15, 0.2) is 12.1 Å². The number of aromatic carboxylic acids is 1. The molecule has 0 aliphatic heterocycles.